The molecular formula is C20H22F2N2O4S. The minimum absolute atomic E-state index is 0.126. The van der Waals surface area contributed by atoms with Crippen molar-refractivity contribution in [1.29, 1.82) is 0 Å². The van der Waals surface area contributed by atoms with Crippen LogP contribution in [0.4, 0.5) is 8.78 Å². The van der Waals surface area contributed by atoms with Crippen molar-refractivity contribution in [3.63, 3.8) is 0 Å². The maximum Gasteiger partial charge on any atom is 0.341 e. The van der Waals surface area contributed by atoms with Crippen molar-refractivity contribution in [2.45, 2.75) is 24.1 Å². The maximum atomic E-state index is 12.7. The van der Waals surface area contributed by atoms with Crippen LogP contribution >= 0.6 is 0 Å². The van der Waals surface area contributed by atoms with Gasteiger partial charge in [-0.2, -0.15) is 8.78 Å². The van der Waals surface area contributed by atoms with E-state index in [9.17, 15) is 26.8 Å². The molecule has 0 heterocycles. The Hall–Kier alpha value is -2.81. The highest BCUT2D eigenvalue weighted by Crippen LogP contribution is 2.20. The summed E-state index contributed by atoms with van der Waals surface area (Å²) < 4.78 is 48.2. The Balaban J connectivity index is 2.16. The zero-order chi connectivity index (χ0) is 21.8. The summed E-state index contributed by atoms with van der Waals surface area (Å²) in [6.07, 6.45) is 0. The van der Waals surface area contributed by atoms with Crippen LogP contribution < -0.4 is 0 Å². The molecule has 2 amide bonds. The van der Waals surface area contributed by atoms with Crippen molar-refractivity contribution in [2.24, 2.45) is 0 Å². The molecule has 29 heavy (non-hydrogen) atoms. The Kier molecular flexibility index (Phi) is 7.07. The maximum absolute atomic E-state index is 12.7. The highest BCUT2D eigenvalue weighted by Gasteiger charge is 2.26. The van der Waals surface area contributed by atoms with E-state index in [0.29, 0.717) is 12.1 Å². The van der Waals surface area contributed by atoms with Gasteiger partial charge in [0.05, 0.1) is 4.90 Å². The number of rotatable bonds is 7. The van der Waals surface area contributed by atoms with Gasteiger partial charge in [-0.05, 0) is 48.9 Å². The number of sulfone groups is 1. The molecule has 2 rings (SSSR count). The number of benzene rings is 2. The molecule has 6 nitrogen and oxygen atoms in total. The van der Waals surface area contributed by atoms with Crippen LogP contribution in [0, 0.1) is 0 Å². The van der Waals surface area contributed by atoms with Crippen LogP contribution in [-0.2, 0) is 16.4 Å². The number of alkyl halides is 2. The van der Waals surface area contributed by atoms with Crippen LogP contribution in [0.1, 0.15) is 33.2 Å². The Labute approximate surface area is 168 Å². The van der Waals surface area contributed by atoms with E-state index in [-0.39, 0.29) is 23.9 Å². The van der Waals surface area contributed by atoms with E-state index < -0.39 is 20.5 Å². The van der Waals surface area contributed by atoms with Crippen LogP contribution in [0.3, 0.4) is 0 Å². The first-order valence-electron chi connectivity index (χ1n) is 8.80. The van der Waals surface area contributed by atoms with Crippen LogP contribution in [0.2, 0.25) is 0 Å². The third kappa shape index (κ3) is 5.17. The molecule has 0 bridgehead atoms. The minimum Gasteiger partial charge on any atom is -0.345 e. The minimum atomic E-state index is -4.70. The molecule has 0 saturated heterocycles. The van der Waals surface area contributed by atoms with E-state index in [4.69, 9.17) is 0 Å². The average molecular weight is 424 g/mol. The van der Waals surface area contributed by atoms with Crippen LogP contribution in [-0.4, -0.2) is 56.4 Å². The van der Waals surface area contributed by atoms with Gasteiger partial charge in [0.2, 0.25) is 9.84 Å². The van der Waals surface area contributed by atoms with E-state index in [1.165, 1.54) is 21.9 Å². The summed E-state index contributed by atoms with van der Waals surface area (Å²) in [5, 5.41) is 0. The summed E-state index contributed by atoms with van der Waals surface area (Å²) in [6.45, 7) is 2.45. The normalized spacial score (nSPS) is 11.4. The van der Waals surface area contributed by atoms with E-state index >= 15 is 0 Å². The van der Waals surface area contributed by atoms with E-state index in [2.05, 4.69) is 0 Å². The topological polar surface area (TPSA) is 74.8 Å². The summed E-state index contributed by atoms with van der Waals surface area (Å²) in [5.41, 5.74) is 1.54. The number of carbonyl (C=O) groups is 2. The molecule has 156 valence electrons. The van der Waals surface area contributed by atoms with Crippen LogP contribution in [0.15, 0.2) is 53.4 Å². The second kappa shape index (κ2) is 9.13. The van der Waals surface area contributed by atoms with Crippen molar-refractivity contribution in [3.8, 4) is 0 Å². The van der Waals surface area contributed by atoms with Crippen molar-refractivity contribution >= 4 is 21.7 Å². The zero-order valence-corrected chi connectivity index (χ0v) is 17.1. The molecule has 0 spiro atoms. The molecule has 2 aromatic rings. The molecule has 0 saturated carbocycles. The van der Waals surface area contributed by atoms with Gasteiger partial charge < -0.3 is 9.80 Å². The molecule has 9 heteroatoms. The molecule has 0 aliphatic rings. The van der Waals surface area contributed by atoms with E-state index in [1.54, 1.807) is 45.3 Å². The summed E-state index contributed by atoms with van der Waals surface area (Å²) in [6, 6.07) is 11.3. The summed E-state index contributed by atoms with van der Waals surface area (Å²) >= 11 is 0. The number of hydrogen-bond donors (Lipinski definition) is 0. The molecule has 0 aromatic heterocycles. The SMILES string of the molecule is CCN(Cc1ccc(C(=O)N(C)C)cc1)C(=O)c1ccc(S(=O)(=O)C(F)F)cc1. The van der Waals surface area contributed by atoms with Crippen molar-refractivity contribution < 1.29 is 26.8 Å². The standard InChI is InChI=1S/C20H22F2N2O4S/c1-4-24(13-14-5-7-15(8-6-14)18(25)23(2)3)19(26)16-9-11-17(12-10-16)29(27,28)20(21)22/h5-12,20H,4,13H2,1-3H3. The number of nitrogens with zero attached hydrogens (tertiary/aromatic N) is 2. The number of carbonyl (C=O) groups excluding carboxylic acids is 2. The lowest BCUT2D eigenvalue weighted by Gasteiger charge is -2.21. The second-order valence-corrected chi connectivity index (χ2v) is 8.46. The Morgan fingerprint density at radius 1 is 0.897 bits per heavy atom. The highest BCUT2D eigenvalue weighted by molar-refractivity contribution is 7.91. The predicted molar refractivity (Wildman–Crippen MR) is 105 cm³/mol. The fourth-order valence-electron chi connectivity index (χ4n) is 2.63. The van der Waals surface area contributed by atoms with Gasteiger partial charge in [-0.1, -0.05) is 12.1 Å². The Bertz CT molecular complexity index is 973. The number of hydrogen-bond acceptors (Lipinski definition) is 4. The van der Waals surface area contributed by atoms with Crippen LogP contribution in [0.25, 0.3) is 0 Å². The van der Waals surface area contributed by atoms with Gasteiger partial charge in [0.1, 0.15) is 0 Å². The summed E-state index contributed by atoms with van der Waals surface area (Å²) in [4.78, 5) is 27.1. The molecule has 0 atom stereocenters. The number of halogens is 2. The monoisotopic (exact) mass is 424 g/mol. The second-order valence-electron chi connectivity index (χ2n) is 6.55. The van der Waals surface area contributed by atoms with Crippen LogP contribution in [0.5, 0.6) is 0 Å². The predicted octanol–water partition coefficient (Wildman–Crippen LogP) is 3.05. The molecule has 0 unspecified atom stereocenters. The quantitative estimate of drug-likeness (QED) is 0.685. The van der Waals surface area contributed by atoms with Gasteiger partial charge in [-0.3, -0.25) is 9.59 Å². The first-order chi connectivity index (χ1) is 13.6. The molecule has 0 fully saturated rings. The summed E-state index contributed by atoms with van der Waals surface area (Å²) in [7, 11) is -1.38. The zero-order valence-electron chi connectivity index (χ0n) is 16.3. The van der Waals surface area contributed by atoms with Gasteiger partial charge >= 0.3 is 5.76 Å². The fraction of sp³-hybridized carbons (Fsp3) is 0.300. The lowest BCUT2D eigenvalue weighted by atomic mass is 10.1. The first kappa shape index (κ1) is 22.5. The Morgan fingerprint density at radius 2 is 1.38 bits per heavy atom. The smallest absolute Gasteiger partial charge is 0.341 e. The molecule has 0 radical (unpaired) electrons. The Morgan fingerprint density at radius 3 is 1.83 bits per heavy atom. The van der Waals surface area contributed by atoms with Gasteiger partial charge in [-0.15, -0.1) is 0 Å². The van der Waals surface area contributed by atoms with Gasteiger partial charge in [0.15, 0.2) is 0 Å². The highest BCUT2D eigenvalue weighted by atomic mass is 32.2. The third-order valence-corrected chi connectivity index (χ3v) is 5.71. The lowest BCUT2D eigenvalue weighted by molar-refractivity contribution is 0.0751. The van der Waals surface area contributed by atoms with Crippen molar-refractivity contribution in [2.75, 3.05) is 20.6 Å². The lowest BCUT2D eigenvalue weighted by Crippen LogP contribution is -2.30. The molecular weight excluding hydrogens is 402 g/mol. The van der Waals surface area contributed by atoms with Gasteiger partial charge in [-0.25, -0.2) is 8.42 Å². The average Bonchev–Trinajstić information content (AvgIpc) is 2.71. The van der Waals surface area contributed by atoms with E-state index in [0.717, 1.165) is 17.7 Å². The fourth-order valence-corrected chi connectivity index (χ4v) is 3.35. The largest absolute Gasteiger partial charge is 0.345 e. The molecule has 0 aliphatic heterocycles. The first-order valence-corrected chi connectivity index (χ1v) is 10.3. The third-order valence-electron chi connectivity index (χ3n) is 4.31. The molecule has 2 aromatic carbocycles. The van der Waals surface area contributed by atoms with Gasteiger partial charge in [0, 0.05) is 38.3 Å². The number of amides is 2. The molecule has 0 N–H and O–H groups in total. The van der Waals surface area contributed by atoms with Gasteiger partial charge in [0.25, 0.3) is 11.8 Å². The van der Waals surface area contributed by atoms with Crippen molar-refractivity contribution in [1.82, 2.24) is 9.80 Å². The van der Waals surface area contributed by atoms with E-state index in [1.807, 2.05) is 0 Å². The van der Waals surface area contributed by atoms with Crippen molar-refractivity contribution in [3.05, 3.63) is 65.2 Å². The summed E-state index contributed by atoms with van der Waals surface area (Å²) in [5.74, 6) is -4.00. The molecule has 0 aliphatic carbocycles.